The number of anilines is 1. The van der Waals surface area contributed by atoms with Crippen LogP contribution in [0.25, 0.3) is 17.0 Å². The predicted molar refractivity (Wildman–Crippen MR) is 102 cm³/mol. The third kappa shape index (κ3) is 3.44. The van der Waals surface area contributed by atoms with Crippen molar-refractivity contribution < 1.29 is 8.42 Å². The van der Waals surface area contributed by atoms with E-state index >= 15 is 0 Å². The van der Waals surface area contributed by atoms with Crippen molar-refractivity contribution in [3.8, 4) is 11.4 Å². The number of aromatic nitrogens is 4. The van der Waals surface area contributed by atoms with E-state index < -0.39 is 10.0 Å². The lowest BCUT2D eigenvalue weighted by Crippen LogP contribution is -2.45. The summed E-state index contributed by atoms with van der Waals surface area (Å²) in [5.74, 6) is 1.70. The molecule has 3 aromatic heterocycles. The molecule has 0 aliphatic carbocycles. The van der Waals surface area contributed by atoms with Crippen molar-refractivity contribution in [3.63, 3.8) is 0 Å². The molecule has 0 saturated carbocycles. The molecule has 1 saturated heterocycles. The smallest absolute Gasteiger partial charge is 0.211 e. The Kier molecular flexibility index (Phi) is 4.63. The minimum Gasteiger partial charge on any atom is -0.355 e. The second-order valence-electron chi connectivity index (χ2n) is 6.28. The summed E-state index contributed by atoms with van der Waals surface area (Å²) in [5.41, 5.74) is 1.71. The summed E-state index contributed by atoms with van der Waals surface area (Å²) in [6.07, 6.45) is 1.52. The first-order valence-corrected chi connectivity index (χ1v) is 11.2. The average Bonchev–Trinajstić information content (AvgIpc) is 3.31. The van der Waals surface area contributed by atoms with Gasteiger partial charge in [0.05, 0.1) is 5.75 Å². The maximum atomic E-state index is 11.7. The number of fused-ring (bicyclic) bond motifs is 1. The lowest BCUT2D eigenvalue weighted by molar-refractivity contribution is 0.458. The minimum atomic E-state index is -3.16. The molecule has 0 spiro atoms. The summed E-state index contributed by atoms with van der Waals surface area (Å²) in [6, 6.07) is 5.85. The number of piperidine rings is 1. The predicted octanol–water partition coefficient (Wildman–Crippen LogP) is 1.76. The first-order valence-electron chi connectivity index (χ1n) is 8.56. The highest BCUT2D eigenvalue weighted by Gasteiger charge is 2.24. The van der Waals surface area contributed by atoms with E-state index in [-0.39, 0.29) is 11.8 Å². The maximum Gasteiger partial charge on any atom is 0.211 e. The van der Waals surface area contributed by atoms with Crippen molar-refractivity contribution in [2.24, 2.45) is 0 Å². The summed E-state index contributed by atoms with van der Waals surface area (Å²) in [4.78, 5) is 2.17. The summed E-state index contributed by atoms with van der Waals surface area (Å²) in [6.45, 7) is 3.16. The molecule has 0 atom stereocenters. The number of sulfonamides is 1. The van der Waals surface area contributed by atoms with E-state index in [1.165, 1.54) is 0 Å². The molecule has 1 aliphatic rings. The van der Waals surface area contributed by atoms with Crippen LogP contribution in [0.3, 0.4) is 0 Å². The molecule has 4 rings (SSSR count). The van der Waals surface area contributed by atoms with Gasteiger partial charge in [0.15, 0.2) is 11.5 Å². The first-order chi connectivity index (χ1) is 12.6. The van der Waals surface area contributed by atoms with Crippen molar-refractivity contribution in [1.29, 1.82) is 0 Å². The van der Waals surface area contributed by atoms with Crippen molar-refractivity contribution in [2.75, 3.05) is 23.7 Å². The SMILES string of the molecule is CCS(=O)(=O)NC1CCN(c2ccc3nnc(-c4ccsc4)n3n2)CC1. The molecule has 138 valence electrons. The summed E-state index contributed by atoms with van der Waals surface area (Å²) in [5, 5.41) is 17.2. The monoisotopic (exact) mass is 392 g/mol. The Hall–Kier alpha value is -2.04. The lowest BCUT2D eigenvalue weighted by atomic mass is 10.1. The van der Waals surface area contributed by atoms with Crippen LogP contribution < -0.4 is 9.62 Å². The van der Waals surface area contributed by atoms with E-state index in [4.69, 9.17) is 5.10 Å². The summed E-state index contributed by atoms with van der Waals surface area (Å²) < 4.78 is 28.0. The van der Waals surface area contributed by atoms with Crippen LogP contribution in [0.1, 0.15) is 19.8 Å². The Morgan fingerprint density at radius 1 is 1.23 bits per heavy atom. The zero-order valence-corrected chi connectivity index (χ0v) is 16.0. The van der Waals surface area contributed by atoms with Gasteiger partial charge >= 0.3 is 0 Å². The third-order valence-electron chi connectivity index (χ3n) is 4.57. The van der Waals surface area contributed by atoms with E-state index in [1.807, 2.05) is 29.0 Å². The number of hydrogen-bond donors (Lipinski definition) is 1. The second kappa shape index (κ2) is 6.93. The van der Waals surface area contributed by atoms with Gasteiger partial charge in [0.1, 0.15) is 5.82 Å². The second-order valence-corrected chi connectivity index (χ2v) is 9.10. The Morgan fingerprint density at radius 2 is 2.04 bits per heavy atom. The van der Waals surface area contributed by atoms with Crippen LogP contribution in [-0.4, -0.2) is 53.1 Å². The van der Waals surface area contributed by atoms with Crippen molar-refractivity contribution in [2.45, 2.75) is 25.8 Å². The van der Waals surface area contributed by atoms with E-state index in [2.05, 4.69) is 19.8 Å². The van der Waals surface area contributed by atoms with Gasteiger partial charge in [-0.05, 0) is 43.3 Å². The van der Waals surface area contributed by atoms with Crippen LogP contribution in [0.15, 0.2) is 29.0 Å². The molecule has 1 aliphatic heterocycles. The maximum absolute atomic E-state index is 11.7. The molecule has 4 heterocycles. The van der Waals surface area contributed by atoms with Crippen LogP contribution in [0.2, 0.25) is 0 Å². The van der Waals surface area contributed by atoms with Crippen molar-refractivity contribution >= 4 is 32.8 Å². The molecule has 26 heavy (non-hydrogen) atoms. The summed E-state index contributed by atoms with van der Waals surface area (Å²) in [7, 11) is -3.16. The van der Waals surface area contributed by atoms with Gasteiger partial charge in [-0.15, -0.1) is 15.3 Å². The molecule has 1 N–H and O–H groups in total. The van der Waals surface area contributed by atoms with Gasteiger partial charge in [-0.1, -0.05) is 0 Å². The zero-order valence-electron chi connectivity index (χ0n) is 14.4. The number of nitrogens with zero attached hydrogens (tertiary/aromatic N) is 5. The number of thiophene rings is 1. The topological polar surface area (TPSA) is 92.5 Å². The zero-order chi connectivity index (χ0) is 18.1. The fraction of sp³-hybridized carbons (Fsp3) is 0.438. The van der Waals surface area contributed by atoms with Crippen LogP contribution in [-0.2, 0) is 10.0 Å². The van der Waals surface area contributed by atoms with Crippen molar-refractivity contribution in [1.82, 2.24) is 24.5 Å². The van der Waals surface area contributed by atoms with Gasteiger partial charge in [-0.25, -0.2) is 13.1 Å². The van der Waals surface area contributed by atoms with Crippen molar-refractivity contribution in [3.05, 3.63) is 29.0 Å². The fourth-order valence-electron chi connectivity index (χ4n) is 3.08. The lowest BCUT2D eigenvalue weighted by Gasteiger charge is -2.32. The van der Waals surface area contributed by atoms with Crippen LogP contribution in [0, 0.1) is 0 Å². The largest absolute Gasteiger partial charge is 0.355 e. The average molecular weight is 393 g/mol. The quantitative estimate of drug-likeness (QED) is 0.711. The van der Waals surface area contributed by atoms with Gasteiger partial charge < -0.3 is 4.90 Å². The van der Waals surface area contributed by atoms with E-state index in [1.54, 1.807) is 22.8 Å². The normalized spacial score (nSPS) is 16.4. The van der Waals surface area contributed by atoms with E-state index in [9.17, 15) is 8.42 Å². The van der Waals surface area contributed by atoms with Gasteiger partial charge in [-0.2, -0.15) is 15.9 Å². The highest BCUT2D eigenvalue weighted by molar-refractivity contribution is 7.89. The van der Waals surface area contributed by atoms with E-state index in [0.29, 0.717) is 5.65 Å². The molecule has 1 fully saturated rings. The number of rotatable bonds is 5. The first kappa shape index (κ1) is 17.4. The molecular weight excluding hydrogens is 372 g/mol. The summed E-state index contributed by atoms with van der Waals surface area (Å²) >= 11 is 1.61. The molecule has 0 unspecified atom stereocenters. The molecule has 0 amide bonds. The minimum absolute atomic E-state index is 0.00351. The number of nitrogens with one attached hydrogen (secondary N) is 1. The Morgan fingerprint density at radius 3 is 2.73 bits per heavy atom. The molecule has 0 aromatic carbocycles. The fourth-order valence-corrected chi connectivity index (χ4v) is 4.63. The Balaban J connectivity index is 1.52. The van der Waals surface area contributed by atoms with Gasteiger partial charge in [0, 0.05) is 30.1 Å². The van der Waals surface area contributed by atoms with E-state index in [0.717, 1.165) is 43.1 Å². The molecule has 0 radical (unpaired) electrons. The van der Waals surface area contributed by atoms with Crippen LogP contribution in [0.4, 0.5) is 5.82 Å². The van der Waals surface area contributed by atoms with Gasteiger partial charge in [-0.3, -0.25) is 0 Å². The van der Waals surface area contributed by atoms with Crippen LogP contribution >= 0.6 is 11.3 Å². The highest BCUT2D eigenvalue weighted by atomic mass is 32.2. The molecular formula is C16H20N6O2S2. The Labute approximate surface area is 155 Å². The molecule has 3 aromatic rings. The highest BCUT2D eigenvalue weighted by Crippen LogP contribution is 2.23. The molecule has 8 nitrogen and oxygen atoms in total. The van der Waals surface area contributed by atoms with Gasteiger partial charge in [0.25, 0.3) is 0 Å². The Bertz CT molecular complexity index is 991. The standard InChI is InChI=1S/C16H20N6O2S2/c1-2-26(23,24)20-13-5-8-21(9-6-13)15-4-3-14-17-18-16(22(14)19-15)12-7-10-25-11-12/h3-4,7,10-11,13,20H,2,5-6,8-9H2,1H3. The van der Waals surface area contributed by atoms with Crippen LogP contribution in [0.5, 0.6) is 0 Å². The molecule has 0 bridgehead atoms. The van der Waals surface area contributed by atoms with Gasteiger partial charge in [0.2, 0.25) is 10.0 Å². The number of hydrogen-bond acceptors (Lipinski definition) is 7. The molecule has 10 heteroatoms. The third-order valence-corrected chi connectivity index (χ3v) is 6.71.